The Labute approximate surface area is 127 Å². The van der Waals surface area contributed by atoms with Crippen LogP contribution in [0, 0.1) is 6.92 Å². The highest BCUT2D eigenvalue weighted by Gasteiger charge is 2.21. The van der Waals surface area contributed by atoms with Crippen LogP contribution in [0.4, 0.5) is 5.82 Å². The van der Waals surface area contributed by atoms with Gasteiger partial charge in [-0.25, -0.2) is 9.97 Å². The quantitative estimate of drug-likeness (QED) is 0.706. The number of aryl methyl sites for hydroxylation is 1. The largest absolute Gasteiger partial charge is 0.351 e. The van der Waals surface area contributed by atoms with Gasteiger partial charge < -0.3 is 13.8 Å². The summed E-state index contributed by atoms with van der Waals surface area (Å²) in [5.74, 6) is 2.31. The van der Waals surface area contributed by atoms with Crippen molar-refractivity contribution in [1.82, 2.24) is 29.4 Å². The fourth-order valence-electron chi connectivity index (χ4n) is 2.78. The van der Waals surface area contributed by atoms with E-state index in [0.717, 1.165) is 37.6 Å². The molecule has 114 valence electrons. The van der Waals surface area contributed by atoms with Crippen molar-refractivity contribution in [2.45, 2.75) is 13.5 Å². The lowest BCUT2D eigenvalue weighted by Gasteiger charge is -2.34. The molecule has 0 atom stereocenters. The van der Waals surface area contributed by atoms with Gasteiger partial charge in [-0.15, -0.1) is 0 Å². The Hall–Kier alpha value is -2.48. The molecule has 0 saturated carbocycles. The first kappa shape index (κ1) is 13.2. The van der Waals surface area contributed by atoms with E-state index in [4.69, 9.17) is 4.52 Å². The lowest BCUT2D eigenvalue weighted by molar-refractivity contribution is 0.215. The molecule has 4 rings (SSSR count). The smallest absolute Gasteiger partial charge is 0.240 e. The third kappa shape index (κ3) is 2.41. The molecule has 3 aromatic rings. The second-order valence-electron chi connectivity index (χ2n) is 5.41. The van der Waals surface area contributed by atoms with Crippen LogP contribution in [0.25, 0.3) is 5.65 Å². The summed E-state index contributed by atoms with van der Waals surface area (Å²) in [4.78, 5) is 17.7. The molecule has 22 heavy (non-hydrogen) atoms. The predicted octanol–water partition coefficient (Wildman–Crippen LogP) is 0.743. The molecule has 0 unspecified atom stereocenters. The van der Waals surface area contributed by atoms with E-state index in [9.17, 15) is 0 Å². The van der Waals surface area contributed by atoms with E-state index < -0.39 is 0 Å². The Morgan fingerprint density at radius 2 is 1.86 bits per heavy atom. The van der Waals surface area contributed by atoms with Crippen LogP contribution in [-0.4, -0.2) is 55.6 Å². The Kier molecular flexibility index (Phi) is 3.23. The van der Waals surface area contributed by atoms with E-state index in [-0.39, 0.29) is 0 Å². The number of aromatic nitrogens is 5. The molecule has 0 N–H and O–H groups in total. The number of nitrogens with zero attached hydrogens (tertiary/aromatic N) is 7. The van der Waals surface area contributed by atoms with Crippen LogP contribution in [-0.2, 0) is 6.54 Å². The lowest BCUT2D eigenvalue weighted by atomic mass is 10.3. The Morgan fingerprint density at radius 1 is 1.09 bits per heavy atom. The van der Waals surface area contributed by atoms with Crippen molar-refractivity contribution in [2.75, 3.05) is 31.1 Å². The third-order valence-electron chi connectivity index (χ3n) is 3.89. The van der Waals surface area contributed by atoms with Crippen molar-refractivity contribution >= 4 is 11.5 Å². The van der Waals surface area contributed by atoms with Crippen molar-refractivity contribution in [3.63, 3.8) is 0 Å². The summed E-state index contributed by atoms with van der Waals surface area (Å²) < 4.78 is 7.18. The molecule has 8 nitrogen and oxygen atoms in total. The van der Waals surface area contributed by atoms with Crippen LogP contribution in [0.15, 0.2) is 29.3 Å². The van der Waals surface area contributed by atoms with Gasteiger partial charge in [-0.3, -0.25) is 4.90 Å². The van der Waals surface area contributed by atoms with Crippen LogP contribution in [0.1, 0.15) is 11.7 Å². The van der Waals surface area contributed by atoms with Gasteiger partial charge >= 0.3 is 0 Å². The first-order chi connectivity index (χ1) is 10.8. The van der Waals surface area contributed by atoms with Gasteiger partial charge in [0.05, 0.1) is 6.54 Å². The molecule has 4 heterocycles. The molecular formula is C14H17N7O. The number of hydrogen-bond donors (Lipinski definition) is 0. The number of rotatable bonds is 3. The number of hydrogen-bond acceptors (Lipinski definition) is 7. The maximum absolute atomic E-state index is 5.18. The summed E-state index contributed by atoms with van der Waals surface area (Å²) in [6, 6.07) is 0. The minimum absolute atomic E-state index is 0.680. The number of imidazole rings is 1. The highest BCUT2D eigenvalue weighted by molar-refractivity contribution is 5.64. The topological polar surface area (TPSA) is 75.6 Å². The van der Waals surface area contributed by atoms with Crippen LogP contribution in [0.2, 0.25) is 0 Å². The van der Waals surface area contributed by atoms with E-state index in [1.807, 2.05) is 29.9 Å². The van der Waals surface area contributed by atoms with Crippen molar-refractivity contribution in [1.29, 1.82) is 0 Å². The number of piperazine rings is 1. The Morgan fingerprint density at radius 3 is 2.59 bits per heavy atom. The van der Waals surface area contributed by atoms with Gasteiger partial charge in [0, 0.05) is 51.0 Å². The summed E-state index contributed by atoms with van der Waals surface area (Å²) in [7, 11) is 0. The molecule has 0 amide bonds. The average molecular weight is 299 g/mol. The number of anilines is 1. The van der Waals surface area contributed by atoms with Crippen molar-refractivity contribution < 1.29 is 4.52 Å². The fraction of sp³-hybridized carbons (Fsp3) is 0.429. The third-order valence-corrected chi connectivity index (χ3v) is 3.89. The van der Waals surface area contributed by atoms with Gasteiger partial charge in [0.2, 0.25) is 5.89 Å². The van der Waals surface area contributed by atoms with Crippen LogP contribution in [0.5, 0.6) is 0 Å². The van der Waals surface area contributed by atoms with Crippen LogP contribution < -0.4 is 4.90 Å². The van der Waals surface area contributed by atoms with E-state index in [1.165, 1.54) is 0 Å². The molecule has 8 heteroatoms. The van der Waals surface area contributed by atoms with Gasteiger partial charge in [-0.1, -0.05) is 5.16 Å². The molecule has 0 aromatic carbocycles. The van der Waals surface area contributed by atoms with E-state index >= 15 is 0 Å². The van der Waals surface area contributed by atoms with Gasteiger partial charge in [-0.2, -0.15) is 4.98 Å². The number of fused-ring (bicyclic) bond motifs is 1. The standard InChI is InChI=1S/C14H17N7O/c1-11-17-12(22-18-11)10-19-6-8-21(9-7-19)14-13-15-2-4-20(13)5-3-16-14/h2-5H,6-10H2,1H3. The van der Waals surface area contributed by atoms with Gasteiger partial charge in [0.1, 0.15) is 0 Å². The molecule has 0 aliphatic carbocycles. The van der Waals surface area contributed by atoms with E-state index in [1.54, 1.807) is 6.20 Å². The summed E-state index contributed by atoms with van der Waals surface area (Å²) in [6.07, 6.45) is 7.47. The normalized spacial score (nSPS) is 16.5. The maximum atomic E-state index is 5.18. The molecule has 0 spiro atoms. The summed E-state index contributed by atoms with van der Waals surface area (Å²) >= 11 is 0. The Bertz CT molecular complexity index is 772. The molecule has 0 radical (unpaired) electrons. The maximum Gasteiger partial charge on any atom is 0.240 e. The average Bonchev–Trinajstić information content (AvgIpc) is 3.16. The van der Waals surface area contributed by atoms with Crippen molar-refractivity contribution in [2.24, 2.45) is 0 Å². The van der Waals surface area contributed by atoms with E-state index in [2.05, 4.69) is 29.9 Å². The summed E-state index contributed by atoms with van der Waals surface area (Å²) in [5, 5.41) is 3.83. The minimum Gasteiger partial charge on any atom is -0.351 e. The minimum atomic E-state index is 0.680. The molecule has 1 fully saturated rings. The summed E-state index contributed by atoms with van der Waals surface area (Å²) in [6.45, 7) is 6.23. The fourth-order valence-corrected chi connectivity index (χ4v) is 2.78. The molecule has 1 aliphatic heterocycles. The molecule has 0 bridgehead atoms. The second-order valence-corrected chi connectivity index (χ2v) is 5.41. The zero-order valence-electron chi connectivity index (χ0n) is 12.4. The lowest BCUT2D eigenvalue weighted by Crippen LogP contribution is -2.46. The van der Waals surface area contributed by atoms with Crippen molar-refractivity contribution in [3.05, 3.63) is 36.5 Å². The predicted molar refractivity (Wildman–Crippen MR) is 79.5 cm³/mol. The van der Waals surface area contributed by atoms with Crippen molar-refractivity contribution in [3.8, 4) is 0 Å². The zero-order valence-corrected chi connectivity index (χ0v) is 12.4. The molecule has 1 aliphatic rings. The highest BCUT2D eigenvalue weighted by Crippen LogP contribution is 2.19. The van der Waals surface area contributed by atoms with Crippen LogP contribution in [0.3, 0.4) is 0 Å². The first-order valence-electron chi connectivity index (χ1n) is 7.34. The van der Waals surface area contributed by atoms with Crippen LogP contribution >= 0.6 is 0 Å². The monoisotopic (exact) mass is 299 g/mol. The first-order valence-corrected chi connectivity index (χ1v) is 7.34. The molecule has 3 aromatic heterocycles. The summed E-state index contributed by atoms with van der Waals surface area (Å²) in [5.41, 5.74) is 0.906. The SMILES string of the molecule is Cc1noc(CN2CCN(c3nccn4ccnc34)CC2)n1. The second kappa shape index (κ2) is 5.38. The highest BCUT2D eigenvalue weighted by atomic mass is 16.5. The van der Waals surface area contributed by atoms with E-state index in [0.29, 0.717) is 18.3 Å². The van der Waals surface area contributed by atoms with Gasteiger partial charge in [-0.05, 0) is 6.92 Å². The molecule has 1 saturated heterocycles. The van der Waals surface area contributed by atoms with Gasteiger partial charge in [0.15, 0.2) is 17.3 Å². The zero-order chi connectivity index (χ0) is 14.9. The molecular weight excluding hydrogens is 282 g/mol. The Balaban J connectivity index is 1.44. The van der Waals surface area contributed by atoms with Gasteiger partial charge in [0.25, 0.3) is 0 Å².